The second-order valence-corrected chi connectivity index (χ2v) is 10.7. The van der Waals surface area contributed by atoms with Gasteiger partial charge in [-0.1, -0.05) is 26.7 Å². The topological polar surface area (TPSA) is 86.3 Å². The summed E-state index contributed by atoms with van der Waals surface area (Å²) in [6.07, 6.45) is 14.7. The Hall–Kier alpha value is -1.30. The Kier molecular flexibility index (Phi) is 12.5. The van der Waals surface area contributed by atoms with Gasteiger partial charge < -0.3 is 24.9 Å². The van der Waals surface area contributed by atoms with Gasteiger partial charge >= 0.3 is 6.09 Å². The maximum absolute atomic E-state index is 11.9. The van der Waals surface area contributed by atoms with Gasteiger partial charge in [-0.15, -0.1) is 0 Å². The molecular weight excluding hydrogens is 392 g/mol. The SMILES string of the molecule is C1CCC([NH2+]C2CCCCC2)CC1.CCN(C(=O)OC(C)(C)C)C(CC(C)C)C(=O)[O-]. The molecule has 0 bridgehead atoms. The van der Waals surface area contributed by atoms with Gasteiger partial charge in [0.15, 0.2) is 0 Å². The van der Waals surface area contributed by atoms with Crippen molar-refractivity contribution in [2.24, 2.45) is 5.92 Å². The summed E-state index contributed by atoms with van der Waals surface area (Å²) in [7, 11) is 0. The second kappa shape index (κ2) is 14.0. The molecule has 6 heteroatoms. The Balaban J connectivity index is 0.000000323. The van der Waals surface area contributed by atoms with Gasteiger partial charge in [-0.25, -0.2) is 4.79 Å². The fraction of sp³-hybridized carbons (Fsp3) is 0.920. The summed E-state index contributed by atoms with van der Waals surface area (Å²) in [6, 6.07) is 1.05. The molecule has 1 amide bonds. The number of carboxylic acid groups (broad SMARTS) is 1. The van der Waals surface area contributed by atoms with Crippen LogP contribution >= 0.6 is 0 Å². The van der Waals surface area contributed by atoms with Crippen LogP contribution in [-0.2, 0) is 9.53 Å². The lowest BCUT2D eigenvalue weighted by Crippen LogP contribution is -2.95. The highest BCUT2D eigenvalue weighted by Gasteiger charge is 2.28. The van der Waals surface area contributed by atoms with Crippen molar-refractivity contribution in [3.8, 4) is 0 Å². The highest BCUT2D eigenvalue weighted by atomic mass is 16.6. The lowest BCUT2D eigenvalue weighted by atomic mass is 9.91. The normalized spacial score (nSPS) is 19.3. The molecule has 6 nitrogen and oxygen atoms in total. The molecule has 0 heterocycles. The average Bonchev–Trinajstić information content (AvgIpc) is 2.68. The Morgan fingerprint density at radius 1 is 0.968 bits per heavy atom. The number of quaternary nitrogens is 1. The number of carboxylic acids is 1. The minimum atomic E-state index is -1.24. The lowest BCUT2D eigenvalue weighted by Gasteiger charge is -2.34. The van der Waals surface area contributed by atoms with Crippen LogP contribution in [0.3, 0.4) is 0 Å². The van der Waals surface area contributed by atoms with Crippen LogP contribution in [0.25, 0.3) is 0 Å². The largest absolute Gasteiger partial charge is 0.548 e. The van der Waals surface area contributed by atoms with Crippen molar-refractivity contribution in [2.45, 2.75) is 136 Å². The number of rotatable bonds is 7. The van der Waals surface area contributed by atoms with Crippen molar-refractivity contribution in [3.05, 3.63) is 0 Å². The van der Waals surface area contributed by atoms with Gasteiger partial charge in [-0.05, 0) is 91.4 Å². The standard InChI is InChI=1S/C13H25NO4.C12H23N/c1-7-14(12(17)18-13(4,5)6)10(11(15)16)8-9(2)3;1-3-7-11(8-4-1)13-12-9-5-2-6-10-12/h9-10H,7-8H2,1-6H3,(H,15,16);11-13H,1-10H2. The van der Waals surface area contributed by atoms with Gasteiger partial charge in [0.25, 0.3) is 0 Å². The smallest absolute Gasteiger partial charge is 0.410 e. The third kappa shape index (κ3) is 11.8. The number of aliphatic carboxylic acids is 1. The summed E-state index contributed by atoms with van der Waals surface area (Å²) >= 11 is 0. The zero-order valence-corrected chi connectivity index (χ0v) is 21.0. The van der Waals surface area contributed by atoms with E-state index in [0.29, 0.717) is 6.42 Å². The molecule has 0 aromatic rings. The third-order valence-corrected chi connectivity index (χ3v) is 6.16. The van der Waals surface area contributed by atoms with E-state index >= 15 is 0 Å². The fourth-order valence-corrected chi connectivity index (χ4v) is 4.63. The minimum absolute atomic E-state index is 0.157. The monoisotopic (exact) mass is 440 g/mol. The number of nitrogens with zero attached hydrogens (tertiary/aromatic N) is 1. The van der Waals surface area contributed by atoms with Crippen molar-refractivity contribution in [1.82, 2.24) is 4.90 Å². The zero-order valence-electron chi connectivity index (χ0n) is 21.0. The Morgan fingerprint density at radius 3 is 1.74 bits per heavy atom. The van der Waals surface area contributed by atoms with Crippen LogP contribution < -0.4 is 10.4 Å². The molecule has 0 spiro atoms. The summed E-state index contributed by atoms with van der Waals surface area (Å²) < 4.78 is 5.20. The van der Waals surface area contributed by atoms with Crippen LogP contribution in [0, 0.1) is 5.92 Å². The van der Waals surface area contributed by atoms with Gasteiger partial charge in [0.05, 0.1) is 24.1 Å². The first-order valence-corrected chi connectivity index (χ1v) is 12.6. The zero-order chi connectivity index (χ0) is 23.4. The van der Waals surface area contributed by atoms with E-state index < -0.39 is 23.7 Å². The fourth-order valence-electron chi connectivity index (χ4n) is 4.63. The minimum Gasteiger partial charge on any atom is -0.548 e. The molecule has 0 radical (unpaired) electrons. The van der Waals surface area contributed by atoms with Crippen LogP contribution in [0.2, 0.25) is 0 Å². The van der Waals surface area contributed by atoms with E-state index in [0.717, 1.165) is 12.1 Å². The van der Waals surface area contributed by atoms with Crippen LogP contribution in [-0.4, -0.2) is 47.2 Å². The van der Waals surface area contributed by atoms with Gasteiger partial charge in [-0.2, -0.15) is 0 Å². The Labute approximate surface area is 190 Å². The highest BCUT2D eigenvalue weighted by Crippen LogP contribution is 2.18. The van der Waals surface area contributed by atoms with E-state index in [4.69, 9.17) is 4.74 Å². The van der Waals surface area contributed by atoms with Crippen molar-refractivity contribution >= 4 is 12.1 Å². The number of ether oxygens (including phenoxy) is 1. The first kappa shape index (κ1) is 27.7. The molecule has 2 aliphatic rings. The molecule has 0 saturated heterocycles. The summed E-state index contributed by atoms with van der Waals surface area (Å²) in [4.78, 5) is 24.3. The van der Waals surface area contributed by atoms with E-state index in [2.05, 4.69) is 5.32 Å². The average molecular weight is 441 g/mol. The first-order chi connectivity index (χ1) is 14.5. The predicted octanol–water partition coefficient (Wildman–Crippen LogP) is 3.62. The Bertz CT molecular complexity index is 502. The molecule has 0 aromatic carbocycles. The number of hydrogen-bond donors (Lipinski definition) is 1. The third-order valence-electron chi connectivity index (χ3n) is 6.16. The number of carbonyl (C=O) groups is 2. The van der Waals surface area contributed by atoms with E-state index in [-0.39, 0.29) is 12.5 Å². The number of nitrogens with two attached hydrogens (primary N) is 1. The molecule has 1 unspecified atom stereocenters. The maximum atomic E-state index is 11.9. The number of likely N-dealkylation sites (N-methyl/N-ethyl adjacent to an activating group) is 1. The number of amides is 1. The van der Waals surface area contributed by atoms with E-state index in [9.17, 15) is 14.7 Å². The molecule has 2 aliphatic carbocycles. The number of carbonyl (C=O) groups excluding carboxylic acids is 2. The summed E-state index contributed by atoms with van der Waals surface area (Å²) in [5, 5.41) is 13.9. The lowest BCUT2D eigenvalue weighted by molar-refractivity contribution is -0.725. The second-order valence-electron chi connectivity index (χ2n) is 10.7. The van der Waals surface area contributed by atoms with Crippen LogP contribution in [0.15, 0.2) is 0 Å². The molecule has 1 atom stereocenters. The van der Waals surface area contributed by atoms with E-state index in [1.807, 2.05) is 13.8 Å². The van der Waals surface area contributed by atoms with Crippen molar-refractivity contribution < 1.29 is 24.7 Å². The summed E-state index contributed by atoms with van der Waals surface area (Å²) in [5.74, 6) is -1.08. The molecule has 31 heavy (non-hydrogen) atoms. The molecular formula is C25H48N2O4. The van der Waals surface area contributed by atoms with Crippen LogP contribution in [0.5, 0.6) is 0 Å². The maximum Gasteiger partial charge on any atom is 0.410 e. The van der Waals surface area contributed by atoms with Crippen LogP contribution in [0.4, 0.5) is 4.79 Å². The van der Waals surface area contributed by atoms with E-state index in [1.54, 1.807) is 27.7 Å². The quantitative estimate of drug-likeness (QED) is 0.655. The molecule has 2 rings (SSSR count). The molecule has 0 aromatic heterocycles. The highest BCUT2D eigenvalue weighted by molar-refractivity contribution is 5.78. The summed E-state index contributed by atoms with van der Waals surface area (Å²) in [5.41, 5.74) is -0.640. The van der Waals surface area contributed by atoms with Gasteiger partial charge in [0, 0.05) is 6.54 Å². The van der Waals surface area contributed by atoms with Crippen molar-refractivity contribution in [2.75, 3.05) is 6.54 Å². The van der Waals surface area contributed by atoms with Gasteiger partial charge in [-0.3, -0.25) is 0 Å². The molecule has 2 saturated carbocycles. The van der Waals surface area contributed by atoms with Gasteiger partial charge in [0.1, 0.15) is 5.60 Å². The first-order valence-electron chi connectivity index (χ1n) is 12.6. The molecule has 2 N–H and O–H groups in total. The van der Waals surface area contributed by atoms with Crippen molar-refractivity contribution in [1.29, 1.82) is 0 Å². The van der Waals surface area contributed by atoms with E-state index in [1.165, 1.54) is 69.1 Å². The van der Waals surface area contributed by atoms with Crippen LogP contribution in [0.1, 0.15) is 112 Å². The van der Waals surface area contributed by atoms with Gasteiger partial charge in [0.2, 0.25) is 0 Å². The molecule has 182 valence electrons. The van der Waals surface area contributed by atoms with Crippen molar-refractivity contribution in [3.63, 3.8) is 0 Å². The molecule has 0 aliphatic heterocycles. The predicted molar refractivity (Wildman–Crippen MR) is 123 cm³/mol. The summed E-state index contributed by atoms with van der Waals surface area (Å²) in [6.45, 7) is 11.0. The number of hydrogen-bond acceptors (Lipinski definition) is 4. The Morgan fingerprint density at radius 2 is 1.42 bits per heavy atom. The molecule has 2 fully saturated rings.